The summed E-state index contributed by atoms with van der Waals surface area (Å²) in [6, 6.07) is 9.93. The Kier molecular flexibility index (Phi) is 3.18. The fourth-order valence-electron chi connectivity index (χ4n) is 2.05. The molecule has 100 valence electrons. The molecular formula is C15H19N3O. The van der Waals surface area contributed by atoms with Crippen LogP contribution in [-0.2, 0) is 10.3 Å². The highest BCUT2D eigenvalue weighted by molar-refractivity contribution is 5.83. The van der Waals surface area contributed by atoms with Crippen LogP contribution in [0.2, 0.25) is 0 Å². The fourth-order valence-corrected chi connectivity index (χ4v) is 2.05. The number of nitrogens with two attached hydrogens (primary N) is 1. The topological polar surface area (TPSA) is 60.9 Å². The van der Waals surface area contributed by atoms with Gasteiger partial charge in [-0.05, 0) is 33.3 Å². The summed E-state index contributed by atoms with van der Waals surface area (Å²) in [7, 11) is 0. The molecular weight excluding hydrogens is 238 g/mol. The molecule has 4 heteroatoms. The van der Waals surface area contributed by atoms with Crippen molar-refractivity contribution in [3.63, 3.8) is 0 Å². The van der Waals surface area contributed by atoms with Crippen LogP contribution in [0.25, 0.3) is 11.3 Å². The van der Waals surface area contributed by atoms with Crippen molar-refractivity contribution in [3.8, 4) is 11.3 Å². The fraction of sp³-hybridized carbons (Fsp3) is 0.333. The number of carbonyl (C=O) groups is 1. The largest absolute Gasteiger partial charge is 0.368 e. The first-order valence-corrected chi connectivity index (χ1v) is 6.27. The van der Waals surface area contributed by atoms with Crippen molar-refractivity contribution in [2.75, 3.05) is 0 Å². The van der Waals surface area contributed by atoms with Crippen molar-refractivity contribution >= 4 is 5.91 Å². The third-order valence-electron chi connectivity index (χ3n) is 3.54. The van der Waals surface area contributed by atoms with Crippen molar-refractivity contribution in [1.82, 2.24) is 9.78 Å². The molecule has 0 unspecified atom stereocenters. The molecule has 19 heavy (non-hydrogen) atoms. The molecule has 0 aliphatic rings. The van der Waals surface area contributed by atoms with Crippen molar-refractivity contribution in [1.29, 1.82) is 0 Å². The number of nitrogens with zero attached hydrogens (tertiary/aromatic N) is 2. The van der Waals surface area contributed by atoms with Crippen molar-refractivity contribution in [2.24, 2.45) is 5.73 Å². The zero-order valence-electron chi connectivity index (χ0n) is 11.8. The molecule has 1 amide bonds. The molecule has 0 bridgehead atoms. The Balaban J connectivity index is 2.71. The Morgan fingerprint density at radius 1 is 1.21 bits per heavy atom. The summed E-state index contributed by atoms with van der Waals surface area (Å²) in [4.78, 5) is 11.7. The second-order valence-corrected chi connectivity index (χ2v) is 5.26. The van der Waals surface area contributed by atoms with Crippen LogP contribution < -0.4 is 5.73 Å². The lowest BCUT2D eigenvalue weighted by Gasteiger charge is -2.24. The zero-order chi connectivity index (χ0) is 14.2. The maximum atomic E-state index is 11.7. The standard InChI is InChI=1S/C15H19N3O/c1-10-11(2)17-18(15(3,4)14(16)19)13(10)12-8-6-5-7-9-12/h5-9H,1-4H3,(H2,16,19). The molecule has 0 radical (unpaired) electrons. The van der Waals surface area contributed by atoms with Crippen LogP contribution in [0, 0.1) is 13.8 Å². The van der Waals surface area contributed by atoms with Gasteiger partial charge in [-0.15, -0.1) is 0 Å². The van der Waals surface area contributed by atoms with E-state index in [9.17, 15) is 4.79 Å². The summed E-state index contributed by atoms with van der Waals surface area (Å²) in [6.45, 7) is 7.52. The number of aromatic nitrogens is 2. The zero-order valence-corrected chi connectivity index (χ0v) is 11.8. The van der Waals surface area contributed by atoms with E-state index in [2.05, 4.69) is 5.10 Å². The SMILES string of the molecule is Cc1nn(C(C)(C)C(N)=O)c(-c2ccccc2)c1C. The van der Waals surface area contributed by atoms with Gasteiger partial charge in [0.15, 0.2) is 0 Å². The van der Waals surface area contributed by atoms with Crippen LogP contribution in [0.15, 0.2) is 30.3 Å². The van der Waals surface area contributed by atoms with E-state index in [1.165, 1.54) is 0 Å². The molecule has 2 aromatic rings. The highest BCUT2D eigenvalue weighted by Crippen LogP contribution is 2.30. The predicted octanol–water partition coefficient (Wildman–Crippen LogP) is 2.39. The van der Waals surface area contributed by atoms with Crippen LogP contribution in [0.1, 0.15) is 25.1 Å². The molecule has 0 fully saturated rings. The van der Waals surface area contributed by atoms with E-state index in [1.807, 2.05) is 44.2 Å². The number of rotatable bonds is 3. The lowest BCUT2D eigenvalue weighted by Crippen LogP contribution is -2.42. The summed E-state index contributed by atoms with van der Waals surface area (Å²) < 4.78 is 1.73. The molecule has 4 nitrogen and oxygen atoms in total. The van der Waals surface area contributed by atoms with Gasteiger partial charge in [0.25, 0.3) is 0 Å². The second kappa shape index (κ2) is 4.53. The number of hydrogen-bond acceptors (Lipinski definition) is 2. The molecule has 2 N–H and O–H groups in total. The van der Waals surface area contributed by atoms with Gasteiger partial charge in [-0.3, -0.25) is 4.79 Å². The van der Waals surface area contributed by atoms with Crippen LogP contribution >= 0.6 is 0 Å². The molecule has 1 aromatic carbocycles. The summed E-state index contributed by atoms with van der Waals surface area (Å²) in [5.74, 6) is -0.396. The Bertz CT molecular complexity index is 612. The third kappa shape index (κ3) is 2.14. The minimum atomic E-state index is -0.857. The van der Waals surface area contributed by atoms with Gasteiger partial charge in [-0.1, -0.05) is 30.3 Å². The van der Waals surface area contributed by atoms with E-state index in [1.54, 1.807) is 18.5 Å². The van der Waals surface area contributed by atoms with Crippen molar-refractivity contribution in [3.05, 3.63) is 41.6 Å². The van der Waals surface area contributed by atoms with Gasteiger partial charge in [0.05, 0.1) is 11.4 Å². The maximum Gasteiger partial charge on any atom is 0.244 e. The quantitative estimate of drug-likeness (QED) is 0.917. The molecule has 0 saturated heterocycles. The normalized spacial score (nSPS) is 11.6. The van der Waals surface area contributed by atoms with Crippen LogP contribution in [0.5, 0.6) is 0 Å². The van der Waals surface area contributed by atoms with E-state index in [4.69, 9.17) is 5.73 Å². The minimum absolute atomic E-state index is 0.396. The van der Waals surface area contributed by atoms with Crippen LogP contribution in [-0.4, -0.2) is 15.7 Å². The molecule has 0 aliphatic heterocycles. The third-order valence-corrected chi connectivity index (χ3v) is 3.54. The Morgan fingerprint density at radius 3 is 2.32 bits per heavy atom. The number of hydrogen-bond donors (Lipinski definition) is 1. The average molecular weight is 257 g/mol. The number of amides is 1. The lowest BCUT2D eigenvalue weighted by molar-refractivity contribution is -0.125. The number of primary amides is 1. The average Bonchev–Trinajstić information content (AvgIpc) is 2.67. The highest BCUT2D eigenvalue weighted by Gasteiger charge is 2.32. The van der Waals surface area contributed by atoms with Gasteiger partial charge in [-0.2, -0.15) is 5.10 Å². The minimum Gasteiger partial charge on any atom is -0.368 e. The van der Waals surface area contributed by atoms with Gasteiger partial charge in [0, 0.05) is 5.56 Å². The highest BCUT2D eigenvalue weighted by atomic mass is 16.1. The van der Waals surface area contributed by atoms with E-state index in [0.717, 1.165) is 22.5 Å². The smallest absolute Gasteiger partial charge is 0.244 e. The molecule has 2 rings (SSSR count). The lowest BCUT2D eigenvalue weighted by atomic mass is 10.0. The molecule has 0 aliphatic carbocycles. The molecule has 0 saturated carbocycles. The number of aryl methyl sites for hydroxylation is 1. The first-order valence-electron chi connectivity index (χ1n) is 6.27. The van der Waals surface area contributed by atoms with E-state index < -0.39 is 11.4 Å². The van der Waals surface area contributed by atoms with E-state index >= 15 is 0 Å². The molecule has 1 aromatic heterocycles. The Morgan fingerprint density at radius 2 is 1.79 bits per heavy atom. The first kappa shape index (κ1) is 13.3. The second-order valence-electron chi connectivity index (χ2n) is 5.26. The summed E-state index contributed by atoms with van der Waals surface area (Å²) in [6.07, 6.45) is 0. The van der Waals surface area contributed by atoms with Gasteiger partial charge < -0.3 is 5.73 Å². The van der Waals surface area contributed by atoms with Gasteiger partial charge >= 0.3 is 0 Å². The molecule has 0 atom stereocenters. The van der Waals surface area contributed by atoms with Crippen LogP contribution in [0.4, 0.5) is 0 Å². The monoisotopic (exact) mass is 257 g/mol. The van der Waals surface area contributed by atoms with Crippen LogP contribution in [0.3, 0.4) is 0 Å². The van der Waals surface area contributed by atoms with E-state index in [-0.39, 0.29) is 0 Å². The number of carbonyl (C=O) groups excluding carboxylic acids is 1. The summed E-state index contributed by atoms with van der Waals surface area (Å²) >= 11 is 0. The Labute approximate surface area is 113 Å². The Hall–Kier alpha value is -2.10. The first-order chi connectivity index (χ1) is 8.85. The van der Waals surface area contributed by atoms with Crippen molar-refractivity contribution < 1.29 is 4.79 Å². The van der Waals surface area contributed by atoms with Crippen molar-refractivity contribution in [2.45, 2.75) is 33.2 Å². The molecule has 0 spiro atoms. The van der Waals surface area contributed by atoms with E-state index in [0.29, 0.717) is 0 Å². The molecule has 1 heterocycles. The van der Waals surface area contributed by atoms with Gasteiger partial charge in [0.2, 0.25) is 5.91 Å². The van der Waals surface area contributed by atoms with Gasteiger partial charge in [0.1, 0.15) is 5.54 Å². The number of benzene rings is 1. The summed E-state index contributed by atoms with van der Waals surface area (Å²) in [5.41, 5.74) is 8.62. The van der Waals surface area contributed by atoms with Gasteiger partial charge in [-0.25, -0.2) is 4.68 Å². The predicted molar refractivity (Wildman–Crippen MR) is 75.7 cm³/mol. The summed E-state index contributed by atoms with van der Waals surface area (Å²) in [5, 5.41) is 4.50. The maximum absolute atomic E-state index is 11.7.